The summed E-state index contributed by atoms with van der Waals surface area (Å²) in [6, 6.07) is -0.518. The van der Waals surface area contributed by atoms with Crippen LogP contribution in [-0.4, -0.2) is 21.7 Å². The van der Waals surface area contributed by atoms with E-state index in [2.05, 4.69) is 10.4 Å². The Labute approximate surface area is 121 Å². The molecule has 3 unspecified atom stereocenters. The lowest BCUT2D eigenvalue weighted by Gasteiger charge is -2.20. The van der Waals surface area contributed by atoms with Crippen molar-refractivity contribution < 1.29 is 4.79 Å². The first-order chi connectivity index (χ1) is 8.36. The maximum atomic E-state index is 12.0. The van der Waals surface area contributed by atoms with E-state index in [4.69, 9.17) is 5.73 Å². The number of nitrogens with one attached hydrogen (secondary N) is 1. The van der Waals surface area contributed by atoms with Gasteiger partial charge in [-0.25, -0.2) is 0 Å². The van der Waals surface area contributed by atoms with Crippen LogP contribution in [0.3, 0.4) is 0 Å². The van der Waals surface area contributed by atoms with Gasteiger partial charge < -0.3 is 11.1 Å². The van der Waals surface area contributed by atoms with Crippen molar-refractivity contribution in [3.05, 3.63) is 17.5 Å². The highest BCUT2D eigenvalue weighted by Gasteiger charge is 2.22. The number of aromatic nitrogens is 2. The molecule has 0 aliphatic rings. The Morgan fingerprint density at radius 2 is 2.11 bits per heavy atom. The molecule has 1 rings (SSSR count). The third kappa shape index (κ3) is 4.51. The second-order valence-electron chi connectivity index (χ2n) is 4.99. The zero-order valence-corrected chi connectivity index (χ0v) is 13.1. The molecule has 0 spiro atoms. The van der Waals surface area contributed by atoms with Crippen molar-refractivity contribution in [2.24, 2.45) is 18.7 Å². The minimum Gasteiger partial charge on any atom is -0.348 e. The number of rotatable bonds is 5. The number of nitrogens with two attached hydrogens (primary N) is 1. The van der Waals surface area contributed by atoms with Gasteiger partial charge >= 0.3 is 0 Å². The molecular weight excluding hydrogens is 264 g/mol. The summed E-state index contributed by atoms with van der Waals surface area (Å²) in [6.45, 7) is 7.91. The van der Waals surface area contributed by atoms with Crippen LogP contribution in [0.4, 0.5) is 0 Å². The monoisotopic (exact) mass is 288 g/mol. The Morgan fingerprint density at radius 3 is 2.53 bits per heavy atom. The Hall–Kier alpha value is -1.07. The fourth-order valence-corrected chi connectivity index (χ4v) is 1.94. The van der Waals surface area contributed by atoms with Gasteiger partial charge in [0.05, 0.1) is 17.8 Å². The molecule has 1 heterocycles. The Bertz CT molecular complexity index is 419. The molecule has 0 aliphatic heterocycles. The van der Waals surface area contributed by atoms with Crippen LogP contribution in [0.25, 0.3) is 0 Å². The number of hydrogen-bond donors (Lipinski definition) is 2. The second-order valence-corrected chi connectivity index (χ2v) is 4.99. The lowest BCUT2D eigenvalue weighted by molar-refractivity contribution is -0.124. The van der Waals surface area contributed by atoms with E-state index in [9.17, 15) is 4.79 Å². The van der Waals surface area contributed by atoms with Gasteiger partial charge in [-0.3, -0.25) is 9.48 Å². The highest BCUT2D eigenvalue weighted by atomic mass is 35.5. The molecule has 5 nitrogen and oxygen atoms in total. The normalized spacial score (nSPS) is 15.3. The van der Waals surface area contributed by atoms with E-state index in [0.29, 0.717) is 0 Å². The average molecular weight is 289 g/mol. The third-order valence-corrected chi connectivity index (χ3v) is 3.44. The van der Waals surface area contributed by atoms with Gasteiger partial charge in [0.25, 0.3) is 0 Å². The summed E-state index contributed by atoms with van der Waals surface area (Å²) >= 11 is 0. The fourth-order valence-electron chi connectivity index (χ4n) is 1.94. The van der Waals surface area contributed by atoms with E-state index in [1.54, 1.807) is 4.68 Å². The Morgan fingerprint density at radius 1 is 1.53 bits per heavy atom. The molecule has 0 radical (unpaired) electrons. The second kappa shape index (κ2) is 7.50. The highest BCUT2D eigenvalue weighted by molar-refractivity contribution is 5.85. The minimum absolute atomic E-state index is 0. The maximum Gasteiger partial charge on any atom is 0.237 e. The summed E-state index contributed by atoms with van der Waals surface area (Å²) in [6.07, 6.45) is 2.82. The van der Waals surface area contributed by atoms with E-state index in [1.807, 2.05) is 40.9 Å². The molecule has 0 aliphatic carbocycles. The zero-order valence-electron chi connectivity index (χ0n) is 12.3. The SMILES string of the molecule is CCC(C)C(N)C(=O)NC(C)c1cn(C)nc1C.Cl. The van der Waals surface area contributed by atoms with Gasteiger partial charge in [0.2, 0.25) is 5.91 Å². The fraction of sp³-hybridized carbons (Fsp3) is 0.692. The van der Waals surface area contributed by atoms with Crippen LogP contribution in [-0.2, 0) is 11.8 Å². The van der Waals surface area contributed by atoms with Crippen LogP contribution in [0, 0.1) is 12.8 Å². The quantitative estimate of drug-likeness (QED) is 0.866. The summed E-state index contributed by atoms with van der Waals surface area (Å²) in [7, 11) is 1.87. The van der Waals surface area contributed by atoms with Crippen molar-refractivity contribution in [3.63, 3.8) is 0 Å². The average Bonchev–Trinajstić information content (AvgIpc) is 2.66. The van der Waals surface area contributed by atoms with Crippen molar-refractivity contribution in [2.45, 2.75) is 46.2 Å². The number of aryl methyl sites for hydroxylation is 2. The summed E-state index contributed by atoms with van der Waals surface area (Å²) in [5.74, 6) is 0.0901. The van der Waals surface area contributed by atoms with Gasteiger partial charge in [0.1, 0.15) is 0 Å². The van der Waals surface area contributed by atoms with Crippen LogP contribution in [0.5, 0.6) is 0 Å². The molecule has 0 saturated carbocycles. The van der Waals surface area contributed by atoms with Crippen LogP contribution < -0.4 is 11.1 Å². The van der Waals surface area contributed by atoms with Crippen molar-refractivity contribution in [1.29, 1.82) is 0 Å². The molecule has 0 bridgehead atoms. The third-order valence-electron chi connectivity index (χ3n) is 3.44. The van der Waals surface area contributed by atoms with Gasteiger partial charge in [-0.2, -0.15) is 5.10 Å². The number of carbonyl (C=O) groups is 1. The summed E-state index contributed by atoms with van der Waals surface area (Å²) in [5.41, 5.74) is 7.87. The molecule has 110 valence electrons. The number of carbonyl (C=O) groups excluding carboxylic acids is 1. The minimum atomic E-state index is -0.450. The standard InChI is InChI=1S/C13H24N4O.ClH/c1-6-8(2)12(14)13(18)15-9(3)11-7-17(5)16-10(11)4;/h7-9,12H,6,14H2,1-5H3,(H,15,18);1H. The summed E-state index contributed by atoms with van der Waals surface area (Å²) in [5, 5.41) is 7.22. The summed E-state index contributed by atoms with van der Waals surface area (Å²) in [4.78, 5) is 12.0. The van der Waals surface area contributed by atoms with E-state index >= 15 is 0 Å². The van der Waals surface area contributed by atoms with E-state index < -0.39 is 6.04 Å². The van der Waals surface area contributed by atoms with Crippen LogP contribution in [0.15, 0.2) is 6.20 Å². The predicted molar refractivity (Wildman–Crippen MR) is 79.2 cm³/mol. The Balaban J connectivity index is 0.00000324. The lowest BCUT2D eigenvalue weighted by Crippen LogP contribution is -2.45. The maximum absolute atomic E-state index is 12.0. The lowest BCUT2D eigenvalue weighted by atomic mass is 9.99. The first kappa shape index (κ1) is 17.9. The van der Waals surface area contributed by atoms with Gasteiger partial charge in [-0.15, -0.1) is 12.4 Å². The van der Waals surface area contributed by atoms with Gasteiger partial charge in [0.15, 0.2) is 0 Å². The first-order valence-electron chi connectivity index (χ1n) is 6.42. The molecule has 0 saturated heterocycles. The van der Waals surface area contributed by atoms with Crippen molar-refractivity contribution in [2.75, 3.05) is 0 Å². The number of halogens is 1. The predicted octanol–water partition coefficient (Wildman–Crippen LogP) is 1.70. The molecule has 0 aromatic carbocycles. The van der Waals surface area contributed by atoms with Gasteiger partial charge in [0, 0.05) is 18.8 Å². The van der Waals surface area contributed by atoms with Crippen molar-refractivity contribution in [3.8, 4) is 0 Å². The summed E-state index contributed by atoms with van der Waals surface area (Å²) < 4.78 is 1.75. The molecule has 1 aromatic rings. The van der Waals surface area contributed by atoms with Crippen LogP contribution in [0.1, 0.15) is 44.5 Å². The van der Waals surface area contributed by atoms with Gasteiger partial charge in [-0.1, -0.05) is 20.3 Å². The molecule has 1 amide bonds. The largest absolute Gasteiger partial charge is 0.348 e. The van der Waals surface area contributed by atoms with Crippen LogP contribution in [0.2, 0.25) is 0 Å². The first-order valence-corrected chi connectivity index (χ1v) is 6.42. The number of hydrogen-bond acceptors (Lipinski definition) is 3. The molecule has 3 atom stereocenters. The number of nitrogens with zero attached hydrogens (tertiary/aromatic N) is 2. The zero-order chi connectivity index (χ0) is 13.9. The van der Waals surface area contributed by atoms with E-state index in [1.165, 1.54) is 0 Å². The molecule has 3 N–H and O–H groups in total. The van der Waals surface area contributed by atoms with Gasteiger partial charge in [-0.05, 0) is 19.8 Å². The molecule has 1 aromatic heterocycles. The number of amides is 1. The van der Waals surface area contributed by atoms with Crippen LogP contribution >= 0.6 is 12.4 Å². The van der Waals surface area contributed by atoms with Crippen molar-refractivity contribution >= 4 is 18.3 Å². The molecule has 0 fully saturated rings. The smallest absolute Gasteiger partial charge is 0.237 e. The van der Waals surface area contributed by atoms with Crippen molar-refractivity contribution in [1.82, 2.24) is 15.1 Å². The highest BCUT2D eigenvalue weighted by Crippen LogP contribution is 2.16. The molecule has 6 heteroatoms. The molecular formula is C13H25ClN4O. The topological polar surface area (TPSA) is 72.9 Å². The molecule has 19 heavy (non-hydrogen) atoms. The Kier molecular flexibility index (Phi) is 7.08. The van der Waals surface area contributed by atoms with E-state index in [0.717, 1.165) is 17.7 Å². The van der Waals surface area contributed by atoms with E-state index in [-0.39, 0.29) is 30.3 Å².